The number of carbonyl (C=O) groups excluding carboxylic acids is 2. The average molecular weight is 1430 g/mol. The van der Waals surface area contributed by atoms with Crippen LogP contribution in [0, 0.1) is 19.3 Å². The van der Waals surface area contributed by atoms with Crippen molar-refractivity contribution in [1.82, 2.24) is 18.9 Å². The van der Waals surface area contributed by atoms with Crippen LogP contribution in [-0.2, 0) is 65.2 Å². The zero-order chi connectivity index (χ0) is 70.8. The smallest absolute Gasteiger partial charge is 0.414 e. The molecule has 96 heavy (non-hydrogen) atoms. The molecule has 0 bridgehead atoms. The molecule has 0 spiro atoms. The fraction of sp³-hybridized carbons (Fsp3) is 0.577. The fourth-order valence-electron chi connectivity index (χ4n) is 11.6. The minimum absolute atomic E-state index is 0.0675. The van der Waals surface area contributed by atoms with Crippen LogP contribution in [0.15, 0.2) is 119 Å². The molecule has 5 aromatic rings. The van der Waals surface area contributed by atoms with Gasteiger partial charge >= 0.3 is 19.5 Å². The summed E-state index contributed by atoms with van der Waals surface area (Å²) in [6, 6.07) is 32.7. The minimum Gasteiger partial charge on any atom is -0.414 e. The SMILES string of the molecule is Cc1ccc(C(OC[C@H]2O[C@@H](N3CC(C)(Cc4cn([C@H]5C[C@H](O[Si](C)(C)C(C)(C)C)[C@@H](CO[Si](C)(C)C(C)(C)C)O5)c(=O)n(COCC[Si](C)(C)C)c4=O)C(=O)N(COCC[Si](C)(C)C)C3=O)C[C@@H]2OP(=O)(O)Oc2ccccc2Cl)(c2ccccc2)c2ccc(C)cc2)cc1. The Morgan fingerprint density at radius 1 is 0.656 bits per heavy atom. The highest BCUT2D eigenvalue weighted by Crippen LogP contribution is 2.51. The summed E-state index contributed by atoms with van der Waals surface area (Å²) in [5, 5.41) is -0.204. The van der Waals surface area contributed by atoms with Crippen molar-refractivity contribution in [3.63, 3.8) is 0 Å². The van der Waals surface area contributed by atoms with Gasteiger partial charge < -0.3 is 37.1 Å². The first-order valence-corrected chi connectivity index (χ1v) is 48.7. The normalized spacial score (nSPS) is 22.5. The van der Waals surface area contributed by atoms with Crippen LogP contribution in [0.4, 0.5) is 4.79 Å². The van der Waals surface area contributed by atoms with E-state index in [0.29, 0.717) is 6.61 Å². The number of aromatic nitrogens is 2. The van der Waals surface area contributed by atoms with Crippen molar-refractivity contribution in [1.29, 1.82) is 0 Å². The number of phosphoric acid groups is 1. The van der Waals surface area contributed by atoms with Crippen LogP contribution in [0.3, 0.4) is 0 Å². The lowest BCUT2D eigenvalue weighted by Gasteiger charge is -2.46. The maximum absolute atomic E-state index is 15.6. The van der Waals surface area contributed by atoms with E-state index in [1.54, 1.807) is 19.1 Å². The number of nitrogens with zero attached hydrogens (tertiary/aromatic N) is 4. The number of benzene rings is 4. The van der Waals surface area contributed by atoms with E-state index < -0.39 is 118 Å². The van der Waals surface area contributed by atoms with E-state index in [0.717, 1.165) is 49.4 Å². The highest BCUT2D eigenvalue weighted by Gasteiger charge is 2.55. The number of halogens is 1. The standard InChI is InChI=1S/C71H106ClN4O15PSi4/c1-50-29-33-54(34-30-50)71(53-25-21-20-22-26-53,55-35-31-51(2)32-36-55)85-45-60-58(90-92(81,82)89-57-28-24-23-27-56(57)72)41-63(87-60)74-47-70(9,65(78)76(67(74)80)49-84-38-40-94(13,14)15)43-52-44-73(66(79)75(64(52)77)48-83-37-39-93(10,11)12)62-42-59(91-96(18,19)69(6,7)8)61(88-62)46-86-95(16,17)68(3,4)5/h20-36,44,58-63H,37-43,45-49H2,1-19H3,(H,81,82)/t58-,59-,60+,61+,62+,63+,70?/m0/s1. The van der Waals surface area contributed by atoms with Crippen molar-refractivity contribution in [2.75, 3.05) is 39.7 Å². The van der Waals surface area contributed by atoms with E-state index in [1.807, 2.05) is 92.7 Å². The summed E-state index contributed by atoms with van der Waals surface area (Å²) >= 11 is 6.48. The molecule has 3 saturated heterocycles. The topological polar surface area (TPSA) is 205 Å². The van der Waals surface area contributed by atoms with Crippen molar-refractivity contribution < 1.29 is 60.6 Å². The van der Waals surface area contributed by atoms with Crippen molar-refractivity contribution in [2.24, 2.45) is 5.41 Å². The number of hydrogen-bond donors (Lipinski definition) is 1. The lowest BCUT2D eigenvalue weighted by Crippen LogP contribution is -2.64. The molecule has 2 unspecified atom stereocenters. The summed E-state index contributed by atoms with van der Waals surface area (Å²) < 4.78 is 76.5. The summed E-state index contributed by atoms with van der Waals surface area (Å²) in [6.07, 6.45) is -4.49. The number of ether oxygens (including phenoxy) is 5. The van der Waals surface area contributed by atoms with Gasteiger partial charge in [-0.2, -0.15) is 0 Å². The van der Waals surface area contributed by atoms with Gasteiger partial charge in [-0.05, 0) is 104 Å². The lowest BCUT2D eigenvalue weighted by atomic mass is 9.79. The zero-order valence-electron chi connectivity index (χ0n) is 60.1. The third-order valence-corrected chi connectivity index (χ3v) is 33.3. The van der Waals surface area contributed by atoms with E-state index >= 15 is 19.2 Å². The van der Waals surface area contributed by atoms with Gasteiger partial charge in [0, 0.05) is 60.5 Å². The molecule has 3 aliphatic heterocycles. The summed E-state index contributed by atoms with van der Waals surface area (Å²) in [6.45, 7) is 40.1. The van der Waals surface area contributed by atoms with Gasteiger partial charge in [-0.1, -0.05) is 195 Å². The van der Waals surface area contributed by atoms with E-state index in [4.69, 9.17) is 53.2 Å². The molecule has 19 nitrogen and oxygen atoms in total. The number of carbonyl (C=O) groups is 2. The molecule has 3 fully saturated rings. The van der Waals surface area contributed by atoms with E-state index in [9.17, 15) is 9.46 Å². The number of urea groups is 1. The van der Waals surface area contributed by atoms with Crippen molar-refractivity contribution >= 4 is 64.1 Å². The molecule has 3 aliphatic rings. The van der Waals surface area contributed by atoms with Crippen molar-refractivity contribution in [3.05, 3.63) is 169 Å². The van der Waals surface area contributed by atoms with Crippen LogP contribution < -0.4 is 15.8 Å². The van der Waals surface area contributed by atoms with Gasteiger partial charge in [0.05, 0.1) is 29.8 Å². The second kappa shape index (κ2) is 30.3. The molecule has 3 amide bonds. The Morgan fingerprint density at radius 3 is 1.72 bits per heavy atom. The summed E-state index contributed by atoms with van der Waals surface area (Å²) in [7, 11) is -13.2. The summed E-state index contributed by atoms with van der Waals surface area (Å²) in [5.41, 5.74) is 0.237. The first-order chi connectivity index (χ1) is 44.5. The second-order valence-electron chi connectivity index (χ2n) is 32.1. The van der Waals surface area contributed by atoms with E-state index in [1.165, 1.54) is 27.8 Å². The minimum atomic E-state index is -5.08. The molecule has 1 aromatic heterocycles. The average Bonchev–Trinajstić information content (AvgIpc) is 0.950. The molecule has 1 N–H and O–H groups in total. The number of hydrogen-bond acceptors (Lipinski definition) is 14. The maximum atomic E-state index is 15.6. The largest absolute Gasteiger partial charge is 0.527 e. The Labute approximate surface area is 578 Å². The first kappa shape index (κ1) is 77.1. The number of aryl methyl sites for hydroxylation is 2. The summed E-state index contributed by atoms with van der Waals surface area (Å²) in [4.78, 5) is 75.7. The molecule has 0 saturated carbocycles. The molecule has 0 aliphatic carbocycles. The molecule has 25 heteroatoms. The van der Waals surface area contributed by atoms with E-state index in [2.05, 4.69) is 107 Å². The van der Waals surface area contributed by atoms with Gasteiger partial charge in [0.25, 0.3) is 5.56 Å². The highest BCUT2D eigenvalue weighted by molar-refractivity contribution is 7.47. The van der Waals surface area contributed by atoms with Gasteiger partial charge in [-0.3, -0.25) is 28.5 Å². The predicted octanol–water partition coefficient (Wildman–Crippen LogP) is 15.1. The molecular weight excluding hydrogens is 1330 g/mol. The van der Waals surface area contributed by atoms with E-state index in [-0.39, 0.29) is 78.8 Å². The molecule has 4 aromatic carbocycles. The Kier molecular flexibility index (Phi) is 24.3. The van der Waals surface area contributed by atoms with Gasteiger partial charge in [-0.25, -0.2) is 23.6 Å². The Hall–Kier alpha value is -4.67. The van der Waals surface area contributed by atoms with Crippen molar-refractivity contribution in [2.45, 2.75) is 218 Å². The summed E-state index contributed by atoms with van der Waals surface area (Å²) in [5.74, 6) is -0.727. The highest BCUT2D eigenvalue weighted by atomic mass is 35.5. The fourth-order valence-corrected chi connectivity index (χ4v) is 16.7. The molecular formula is C71H106ClN4O15PSi4. The number of amides is 3. The Morgan fingerprint density at radius 2 is 1.17 bits per heavy atom. The van der Waals surface area contributed by atoms with Crippen LogP contribution in [0.5, 0.6) is 5.75 Å². The molecule has 8 rings (SSSR count). The first-order valence-electron chi connectivity index (χ1n) is 33.6. The molecule has 8 atom stereocenters. The number of phosphoric ester groups is 1. The quantitative estimate of drug-likeness (QED) is 0.0205. The number of rotatable bonds is 29. The molecule has 528 valence electrons. The monoisotopic (exact) mass is 1430 g/mol. The third kappa shape index (κ3) is 18.6. The third-order valence-electron chi connectivity index (χ3n) is 19.6. The van der Waals surface area contributed by atoms with Gasteiger partial charge in [0.2, 0.25) is 5.91 Å². The maximum Gasteiger partial charge on any atom is 0.527 e. The van der Waals surface area contributed by atoms with Gasteiger partial charge in [0.1, 0.15) is 55.6 Å². The van der Waals surface area contributed by atoms with Crippen molar-refractivity contribution in [3.8, 4) is 5.75 Å². The van der Waals surface area contributed by atoms with Crippen LogP contribution >= 0.6 is 19.4 Å². The van der Waals surface area contributed by atoms with Crippen LogP contribution in [0.25, 0.3) is 0 Å². The predicted molar refractivity (Wildman–Crippen MR) is 387 cm³/mol. The molecule has 0 radical (unpaired) electrons. The van der Waals surface area contributed by atoms with Gasteiger partial charge in [0.15, 0.2) is 16.6 Å². The lowest BCUT2D eigenvalue weighted by molar-refractivity contribution is -0.156. The van der Waals surface area contributed by atoms with Crippen LogP contribution in [-0.4, -0.2) is 139 Å². The van der Waals surface area contributed by atoms with Gasteiger partial charge in [-0.15, -0.1) is 0 Å². The number of para-hydroxylation sites is 1. The Balaban J connectivity index is 1.22. The second-order valence-corrected chi connectivity index (χ2v) is 54.6. The molecule has 4 heterocycles. The number of imide groups is 1. The van der Waals surface area contributed by atoms with Crippen LogP contribution in [0.1, 0.15) is 101 Å². The Bertz CT molecular complexity index is 3620. The van der Waals surface area contributed by atoms with Crippen LogP contribution in [0.2, 0.25) is 92.7 Å². The zero-order valence-corrected chi connectivity index (χ0v) is 65.8.